The van der Waals surface area contributed by atoms with Crippen molar-refractivity contribution in [3.8, 4) is 11.1 Å². The summed E-state index contributed by atoms with van der Waals surface area (Å²) in [5.74, 6) is -0.211. The molecule has 1 saturated carbocycles. The normalized spacial score (nSPS) is 18.0. The maximum atomic E-state index is 12.9. The lowest BCUT2D eigenvalue weighted by molar-refractivity contribution is -0.161. The molecule has 31 heavy (non-hydrogen) atoms. The molecule has 0 spiro atoms. The number of fused-ring (bicyclic) bond motifs is 1. The largest absolute Gasteiger partial charge is 0.380 e. The summed E-state index contributed by atoms with van der Waals surface area (Å²) in [6, 6.07) is 17.7. The molecule has 1 aromatic heterocycles. The molecule has 0 unspecified atom stereocenters. The first-order valence-corrected chi connectivity index (χ1v) is 10.8. The van der Waals surface area contributed by atoms with Crippen LogP contribution in [0.1, 0.15) is 29.6 Å². The number of carbonyl (C=O) groups excluding carboxylic acids is 2. The number of carbonyl (C=O) groups is 2. The van der Waals surface area contributed by atoms with Crippen LogP contribution in [-0.2, 0) is 4.79 Å². The Labute approximate surface area is 181 Å². The maximum absolute atomic E-state index is 12.9. The Balaban J connectivity index is 1.24. The fourth-order valence-corrected chi connectivity index (χ4v) is 4.35. The van der Waals surface area contributed by atoms with Crippen molar-refractivity contribution in [3.05, 3.63) is 66.4 Å². The van der Waals surface area contributed by atoms with Crippen LogP contribution in [0, 0.1) is 0 Å². The summed E-state index contributed by atoms with van der Waals surface area (Å²) in [6.45, 7) is 1.90. The number of hydrogen-bond donors (Lipinski definition) is 1. The standard InChI is InChI=1S/C25H25N3O3/c29-23(27-12-14-28(15-13-27)24(30)25(31)10-3-11-25)19-8-6-18(7-9-19)21-16-20-4-1-2-5-22(20)26-17-21/h1-2,4-9,16-17,31H,3,10-15H2. The number of aromatic nitrogens is 1. The second-order valence-corrected chi connectivity index (χ2v) is 8.46. The molecule has 1 N–H and O–H groups in total. The average Bonchev–Trinajstić information content (AvgIpc) is 2.81. The fourth-order valence-electron chi connectivity index (χ4n) is 4.35. The molecule has 158 valence electrons. The molecule has 3 aromatic rings. The zero-order valence-electron chi connectivity index (χ0n) is 17.3. The number of aliphatic hydroxyl groups is 1. The van der Waals surface area contributed by atoms with E-state index in [1.165, 1.54) is 0 Å². The third-order valence-corrected chi connectivity index (χ3v) is 6.49. The summed E-state index contributed by atoms with van der Waals surface area (Å²) in [6.07, 6.45) is 3.84. The van der Waals surface area contributed by atoms with E-state index in [4.69, 9.17) is 0 Å². The fraction of sp³-hybridized carbons (Fsp3) is 0.320. The number of para-hydroxylation sites is 1. The van der Waals surface area contributed by atoms with Crippen molar-refractivity contribution in [1.29, 1.82) is 0 Å². The quantitative estimate of drug-likeness (QED) is 0.713. The Bertz CT molecular complexity index is 1130. The Morgan fingerprint density at radius 2 is 1.55 bits per heavy atom. The lowest BCUT2D eigenvalue weighted by Gasteiger charge is -2.42. The summed E-state index contributed by atoms with van der Waals surface area (Å²) in [5, 5.41) is 11.4. The number of piperazine rings is 1. The lowest BCUT2D eigenvalue weighted by atomic mass is 9.79. The zero-order valence-corrected chi connectivity index (χ0v) is 17.3. The van der Waals surface area contributed by atoms with Crippen LogP contribution in [0.2, 0.25) is 0 Å². The summed E-state index contributed by atoms with van der Waals surface area (Å²) < 4.78 is 0. The minimum Gasteiger partial charge on any atom is -0.380 e. The van der Waals surface area contributed by atoms with E-state index in [0.717, 1.165) is 28.5 Å². The number of nitrogens with zero attached hydrogens (tertiary/aromatic N) is 3. The van der Waals surface area contributed by atoms with Crippen LogP contribution >= 0.6 is 0 Å². The molecule has 0 radical (unpaired) electrons. The Kier molecular flexibility index (Phi) is 4.94. The van der Waals surface area contributed by atoms with Crippen molar-refractivity contribution < 1.29 is 14.7 Å². The molecule has 6 heteroatoms. The van der Waals surface area contributed by atoms with Crippen molar-refractivity contribution in [3.63, 3.8) is 0 Å². The Morgan fingerprint density at radius 3 is 2.23 bits per heavy atom. The molecule has 6 nitrogen and oxygen atoms in total. The van der Waals surface area contributed by atoms with Gasteiger partial charge in [0.1, 0.15) is 5.60 Å². The summed E-state index contributed by atoms with van der Waals surface area (Å²) in [7, 11) is 0. The van der Waals surface area contributed by atoms with Crippen molar-refractivity contribution in [2.45, 2.75) is 24.9 Å². The van der Waals surface area contributed by atoms with Gasteiger partial charge in [0.05, 0.1) is 5.52 Å². The van der Waals surface area contributed by atoms with E-state index in [1.807, 2.05) is 54.7 Å². The van der Waals surface area contributed by atoms with Crippen molar-refractivity contribution in [2.24, 2.45) is 0 Å². The van der Waals surface area contributed by atoms with E-state index in [1.54, 1.807) is 9.80 Å². The average molecular weight is 415 g/mol. The molecule has 1 aliphatic carbocycles. The molecule has 2 amide bonds. The van der Waals surface area contributed by atoms with E-state index in [9.17, 15) is 14.7 Å². The van der Waals surface area contributed by atoms with Crippen LogP contribution in [-0.4, -0.2) is 63.5 Å². The highest BCUT2D eigenvalue weighted by Gasteiger charge is 2.45. The second-order valence-electron chi connectivity index (χ2n) is 8.46. The van der Waals surface area contributed by atoms with Gasteiger partial charge in [-0.15, -0.1) is 0 Å². The number of rotatable bonds is 3. The van der Waals surface area contributed by atoms with Gasteiger partial charge in [-0.2, -0.15) is 0 Å². The van der Waals surface area contributed by atoms with E-state index in [-0.39, 0.29) is 11.8 Å². The molecule has 2 aliphatic rings. The van der Waals surface area contributed by atoms with E-state index in [0.29, 0.717) is 44.6 Å². The molecule has 0 atom stereocenters. The van der Waals surface area contributed by atoms with Crippen molar-refractivity contribution in [1.82, 2.24) is 14.8 Å². The van der Waals surface area contributed by atoms with Gasteiger partial charge in [0.2, 0.25) is 0 Å². The maximum Gasteiger partial charge on any atom is 0.254 e. The topological polar surface area (TPSA) is 73.7 Å². The predicted octanol–water partition coefficient (Wildman–Crippen LogP) is 3.10. The minimum atomic E-state index is -1.17. The van der Waals surface area contributed by atoms with Crippen LogP contribution in [0.5, 0.6) is 0 Å². The van der Waals surface area contributed by atoms with Gasteiger partial charge in [-0.05, 0) is 49.1 Å². The van der Waals surface area contributed by atoms with Crippen LogP contribution in [0.3, 0.4) is 0 Å². The number of benzene rings is 2. The highest BCUT2D eigenvalue weighted by molar-refractivity contribution is 5.95. The number of hydrogen-bond acceptors (Lipinski definition) is 4. The third-order valence-electron chi connectivity index (χ3n) is 6.49. The number of pyridine rings is 1. The predicted molar refractivity (Wildman–Crippen MR) is 118 cm³/mol. The summed E-state index contributed by atoms with van der Waals surface area (Å²) >= 11 is 0. The van der Waals surface area contributed by atoms with Gasteiger partial charge < -0.3 is 14.9 Å². The van der Waals surface area contributed by atoms with Gasteiger partial charge >= 0.3 is 0 Å². The van der Waals surface area contributed by atoms with E-state index >= 15 is 0 Å². The molecule has 0 bridgehead atoms. The molecular weight excluding hydrogens is 390 g/mol. The van der Waals surface area contributed by atoms with Crippen LogP contribution in [0.15, 0.2) is 60.8 Å². The first kappa shape index (κ1) is 19.7. The highest BCUT2D eigenvalue weighted by atomic mass is 16.3. The summed E-state index contributed by atoms with van der Waals surface area (Å²) in [4.78, 5) is 33.4. The van der Waals surface area contributed by atoms with Gasteiger partial charge in [0, 0.05) is 48.9 Å². The van der Waals surface area contributed by atoms with Gasteiger partial charge in [0.25, 0.3) is 11.8 Å². The molecule has 2 aromatic carbocycles. The third kappa shape index (κ3) is 3.68. The van der Waals surface area contributed by atoms with Gasteiger partial charge in [0.15, 0.2) is 0 Å². The van der Waals surface area contributed by atoms with Gasteiger partial charge in [-0.1, -0.05) is 30.3 Å². The van der Waals surface area contributed by atoms with Crippen molar-refractivity contribution >= 4 is 22.7 Å². The SMILES string of the molecule is O=C(c1ccc(-c2cnc3ccccc3c2)cc1)N1CCN(C(=O)C2(O)CCC2)CC1. The number of amides is 2. The zero-order chi connectivity index (χ0) is 21.4. The van der Waals surface area contributed by atoms with Gasteiger partial charge in [-0.25, -0.2) is 0 Å². The van der Waals surface area contributed by atoms with Gasteiger partial charge in [-0.3, -0.25) is 14.6 Å². The van der Waals surface area contributed by atoms with Crippen LogP contribution in [0.4, 0.5) is 0 Å². The van der Waals surface area contributed by atoms with E-state index in [2.05, 4.69) is 11.1 Å². The molecule has 2 heterocycles. The lowest BCUT2D eigenvalue weighted by Crippen LogP contribution is -2.58. The van der Waals surface area contributed by atoms with Crippen LogP contribution in [0.25, 0.3) is 22.0 Å². The minimum absolute atomic E-state index is 0.0300. The highest BCUT2D eigenvalue weighted by Crippen LogP contribution is 2.33. The molecular formula is C25H25N3O3. The first-order chi connectivity index (χ1) is 15.0. The van der Waals surface area contributed by atoms with E-state index < -0.39 is 5.60 Å². The summed E-state index contributed by atoms with van der Waals surface area (Å²) in [5.41, 5.74) is 2.45. The second kappa shape index (κ2) is 7.78. The molecule has 1 aliphatic heterocycles. The van der Waals surface area contributed by atoms with Crippen LogP contribution < -0.4 is 0 Å². The molecule has 5 rings (SSSR count). The van der Waals surface area contributed by atoms with Crippen molar-refractivity contribution in [2.75, 3.05) is 26.2 Å². The Morgan fingerprint density at radius 1 is 0.871 bits per heavy atom. The first-order valence-electron chi connectivity index (χ1n) is 10.8. The monoisotopic (exact) mass is 415 g/mol. The molecule has 2 fully saturated rings. The molecule has 1 saturated heterocycles. The smallest absolute Gasteiger partial charge is 0.254 e. The Hall–Kier alpha value is -3.25.